The molecule has 168 valence electrons. The molecule has 1 amide bonds. The molecular weight excluding hydrogens is 418 g/mol. The van der Waals surface area contributed by atoms with Crippen LogP contribution in [0.5, 0.6) is 0 Å². The van der Waals surface area contributed by atoms with Gasteiger partial charge in [0.25, 0.3) is 0 Å². The Labute approximate surface area is 183 Å². The molecule has 1 fully saturated rings. The Bertz CT molecular complexity index is 962. The van der Waals surface area contributed by atoms with Crippen LogP contribution in [0.4, 0.5) is 5.69 Å². The highest BCUT2D eigenvalue weighted by Crippen LogP contribution is 2.23. The molecule has 9 heteroatoms. The summed E-state index contributed by atoms with van der Waals surface area (Å²) in [7, 11) is -1.81. The van der Waals surface area contributed by atoms with E-state index in [9.17, 15) is 18.3 Å². The number of nitrogens with one attached hydrogen (secondary N) is 1. The summed E-state index contributed by atoms with van der Waals surface area (Å²) >= 11 is 0. The van der Waals surface area contributed by atoms with Crippen molar-refractivity contribution in [1.29, 1.82) is 0 Å². The standard InChI is InChI=1S/C22H29N3O5S/c1-24(21(10-13-26)18-6-3-2-4-7-18)17-22(27)23-19-8-5-9-20(16-19)31(28,29)25-11-14-30-15-12-25/h2-9,16,21,26H,10-15,17H2,1H3,(H,23,27)/t21-/m1/s1. The Kier molecular flexibility index (Phi) is 8.16. The lowest BCUT2D eigenvalue weighted by atomic mass is 10.0. The number of anilines is 1. The minimum Gasteiger partial charge on any atom is -0.396 e. The van der Waals surface area contributed by atoms with E-state index >= 15 is 0 Å². The number of benzene rings is 2. The van der Waals surface area contributed by atoms with Crippen molar-refractivity contribution in [1.82, 2.24) is 9.21 Å². The van der Waals surface area contributed by atoms with E-state index in [2.05, 4.69) is 5.32 Å². The van der Waals surface area contributed by atoms with Crippen LogP contribution in [0.2, 0.25) is 0 Å². The van der Waals surface area contributed by atoms with Crippen molar-refractivity contribution in [2.24, 2.45) is 0 Å². The molecule has 1 heterocycles. The summed E-state index contributed by atoms with van der Waals surface area (Å²) in [5.41, 5.74) is 1.44. The molecule has 2 aromatic rings. The number of nitrogens with zero attached hydrogens (tertiary/aromatic N) is 2. The zero-order valence-electron chi connectivity index (χ0n) is 17.6. The fraction of sp³-hybridized carbons (Fsp3) is 0.409. The number of amides is 1. The average molecular weight is 448 g/mol. The van der Waals surface area contributed by atoms with Crippen molar-refractivity contribution in [3.8, 4) is 0 Å². The summed E-state index contributed by atoms with van der Waals surface area (Å²) in [5, 5.41) is 12.2. The van der Waals surface area contributed by atoms with Crippen LogP contribution in [-0.2, 0) is 19.6 Å². The maximum Gasteiger partial charge on any atom is 0.243 e. The topological polar surface area (TPSA) is 99.2 Å². The highest BCUT2D eigenvalue weighted by atomic mass is 32.2. The molecule has 0 bridgehead atoms. The summed E-state index contributed by atoms with van der Waals surface area (Å²) in [4.78, 5) is 14.6. The smallest absolute Gasteiger partial charge is 0.243 e. The van der Waals surface area contributed by atoms with Crippen molar-refractivity contribution >= 4 is 21.6 Å². The molecule has 1 atom stereocenters. The largest absolute Gasteiger partial charge is 0.396 e. The van der Waals surface area contributed by atoms with Crippen molar-refractivity contribution in [2.75, 3.05) is 51.8 Å². The van der Waals surface area contributed by atoms with Gasteiger partial charge in [-0.2, -0.15) is 4.31 Å². The number of ether oxygens (including phenoxy) is 1. The van der Waals surface area contributed by atoms with Gasteiger partial charge in [-0.3, -0.25) is 9.69 Å². The number of hydrogen-bond acceptors (Lipinski definition) is 6. The van der Waals surface area contributed by atoms with E-state index in [1.165, 1.54) is 16.4 Å². The molecule has 0 unspecified atom stereocenters. The molecule has 2 aromatic carbocycles. The van der Waals surface area contributed by atoms with Crippen molar-refractivity contribution < 1.29 is 23.1 Å². The number of aliphatic hydroxyl groups excluding tert-OH is 1. The fourth-order valence-electron chi connectivity index (χ4n) is 3.65. The van der Waals surface area contributed by atoms with E-state index in [4.69, 9.17) is 4.74 Å². The summed E-state index contributed by atoms with van der Waals surface area (Å²) in [6.07, 6.45) is 0.501. The van der Waals surface area contributed by atoms with Gasteiger partial charge in [0.15, 0.2) is 0 Å². The highest BCUT2D eigenvalue weighted by Gasteiger charge is 2.26. The third-order valence-corrected chi connectivity index (χ3v) is 7.13. The quantitative estimate of drug-likeness (QED) is 0.607. The van der Waals surface area contributed by atoms with Gasteiger partial charge in [-0.05, 0) is 37.2 Å². The van der Waals surface area contributed by atoms with Gasteiger partial charge < -0.3 is 15.2 Å². The predicted octanol–water partition coefficient (Wildman–Crippen LogP) is 1.70. The number of sulfonamides is 1. The number of hydrogen-bond donors (Lipinski definition) is 2. The van der Waals surface area contributed by atoms with Crippen LogP contribution in [0.15, 0.2) is 59.5 Å². The zero-order chi connectivity index (χ0) is 22.3. The monoisotopic (exact) mass is 447 g/mol. The van der Waals surface area contributed by atoms with Crippen LogP contribution in [0.3, 0.4) is 0 Å². The summed E-state index contributed by atoms with van der Waals surface area (Å²) in [5.74, 6) is -0.262. The lowest BCUT2D eigenvalue weighted by Crippen LogP contribution is -2.40. The minimum atomic E-state index is -3.64. The molecule has 0 saturated carbocycles. The van der Waals surface area contributed by atoms with Gasteiger partial charge in [0.05, 0.1) is 24.7 Å². The summed E-state index contributed by atoms with van der Waals surface area (Å²) in [6.45, 7) is 1.48. The first-order chi connectivity index (χ1) is 14.9. The minimum absolute atomic E-state index is 0.00691. The van der Waals surface area contributed by atoms with Crippen molar-refractivity contribution in [3.05, 3.63) is 60.2 Å². The number of carbonyl (C=O) groups is 1. The lowest BCUT2D eigenvalue weighted by Gasteiger charge is -2.27. The SMILES string of the molecule is CN(CC(=O)Nc1cccc(S(=O)(=O)N2CCOCC2)c1)[C@H](CCO)c1ccccc1. The second-order valence-electron chi connectivity index (χ2n) is 7.45. The number of likely N-dealkylation sites (N-methyl/N-ethyl adjacent to an activating group) is 1. The molecule has 8 nitrogen and oxygen atoms in total. The Balaban J connectivity index is 1.67. The maximum absolute atomic E-state index is 12.8. The molecular formula is C22H29N3O5S. The number of rotatable bonds is 9. The zero-order valence-corrected chi connectivity index (χ0v) is 18.4. The number of morpholine rings is 1. The van der Waals surface area contributed by atoms with Gasteiger partial charge in [-0.15, -0.1) is 0 Å². The van der Waals surface area contributed by atoms with E-state index in [1.807, 2.05) is 42.3 Å². The van der Waals surface area contributed by atoms with Gasteiger partial charge in [0.1, 0.15) is 0 Å². The maximum atomic E-state index is 12.8. The van der Waals surface area contributed by atoms with Crippen LogP contribution < -0.4 is 5.32 Å². The van der Waals surface area contributed by atoms with E-state index in [0.717, 1.165) is 5.56 Å². The van der Waals surface area contributed by atoms with Crippen molar-refractivity contribution in [3.63, 3.8) is 0 Å². The lowest BCUT2D eigenvalue weighted by molar-refractivity contribution is -0.117. The van der Waals surface area contributed by atoms with Crippen LogP contribution in [0, 0.1) is 0 Å². The highest BCUT2D eigenvalue weighted by molar-refractivity contribution is 7.89. The van der Waals surface area contributed by atoms with Gasteiger partial charge in [-0.25, -0.2) is 8.42 Å². The Hall–Kier alpha value is -2.30. The molecule has 0 spiro atoms. The van der Waals surface area contributed by atoms with Gasteiger partial charge in [0, 0.05) is 31.4 Å². The van der Waals surface area contributed by atoms with E-state index in [1.54, 1.807) is 12.1 Å². The summed E-state index contributed by atoms with van der Waals surface area (Å²) < 4.78 is 32.3. The molecule has 0 radical (unpaired) electrons. The Morgan fingerprint density at radius 2 is 1.87 bits per heavy atom. The van der Waals surface area contributed by atoms with Gasteiger partial charge in [-0.1, -0.05) is 36.4 Å². The third-order valence-electron chi connectivity index (χ3n) is 5.24. The Morgan fingerprint density at radius 3 is 2.55 bits per heavy atom. The van der Waals surface area contributed by atoms with Crippen LogP contribution in [-0.4, -0.2) is 75.1 Å². The van der Waals surface area contributed by atoms with Gasteiger partial charge in [0.2, 0.25) is 15.9 Å². The average Bonchev–Trinajstić information content (AvgIpc) is 2.78. The fourth-order valence-corrected chi connectivity index (χ4v) is 5.10. The normalized spacial score (nSPS) is 16.2. The number of carbonyl (C=O) groups excluding carboxylic acids is 1. The molecule has 1 aliphatic rings. The van der Waals surface area contributed by atoms with E-state index in [0.29, 0.717) is 38.4 Å². The predicted molar refractivity (Wildman–Crippen MR) is 118 cm³/mol. The van der Waals surface area contributed by atoms with Crippen LogP contribution in [0.25, 0.3) is 0 Å². The van der Waals surface area contributed by atoms with Crippen LogP contribution >= 0.6 is 0 Å². The first-order valence-electron chi connectivity index (χ1n) is 10.3. The van der Waals surface area contributed by atoms with Crippen LogP contribution in [0.1, 0.15) is 18.0 Å². The van der Waals surface area contributed by atoms with E-state index in [-0.39, 0.29) is 30.0 Å². The number of aliphatic hydroxyl groups is 1. The Morgan fingerprint density at radius 1 is 1.16 bits per heavy atom. The first kappa shape index (κ1) is 23.4. The van der Waals surface area contributed by atoms with Crippen molar-refractivity contribution in [2.45, 2.75) is 17.4 Å². The molecule has 1 aliphatic heterocycles. The molecule has 31 heavy (non-hydrogen) atoms. The molecule has 3 rings (SSSR count). The molecule has 0 aromatic heterocycles. The van der Waals surface area contributed by atoms with E-state index < -0.39 is 10.0 Å². The summed E-state index contributed by atoms with van der Waals surface area (Å²) in [6, 6.07) is 15.9. The molecule has 2 N–H and O–H groups in total. The second-order valence-corrected chi connectivity index (χ2v) is 9.38. The van der Waals surface area contributed by atoms with Gasteiger partial charge >= 0.3 is 0 Å². The third kappa shape index (κ3) is 6.11. The first-order valence-corrected chi connectivity index (χ1v) is 11.7. The molecule has 1 saturated heterocycles. The molecule has 0 aliphatic carbocycles. The second kappa shape index (κ2) is 10.8.